The molecule has 2 aromatic rings. The summed E-state index contributed by atoms with van der Waals surface area (Å²) in [5.41, 5.74) is 0.887. The van der Waals surface area contributed by atoms with Crippen molar-refractivity contribution >= 4 is 25.8 Å². The second-order valence-electron chi connectivity index (χ2n) is 6.57. The minimum absolute atomic E-state index is 0.0865. The van der Waals surface area contributed by atoms with Crippen molar-refractivity contribution in [1.29, 1.82) is 0 Å². The number of sulfonamides is 1. The lowest BCUT2D eigenvalue weighted by atomic mass is 10.1. The molecule has 1 heterocycles. The molecular weight excluding hydrogens is 406 g/mol. The van der Waals surface area contributed by atoms with Crippen LogP contribution in [-0.4, -0.2) is 40.2 Å². The highest BCUT2D eigenvalue weighted by Gasteiger charge is 2.28. The maximum atomic E-state index is 12.5. The monoisotopic (exact) mass is 429 g/mol. The van der Waals surface area contributed by atoms with E-state index in [2.05, 4.69) is 15.2 Å². The van der Waals surface area contributed by atoms with Crippen LogP contribution in [0.3, 0.4) is 0 Å². The molecule has 0 saturated heterocycles. The maximum absolute atomic E-state index is 12.5. The third kappa shape index (κ3) is 4.97. The fourth-order valence-electron chi connectivity index (χ4n) is 2.63. The van der Waals surface area contributed by atoms with Crippen LogP contribution in [0.1, 0.15) is 36.9 Å². The molecule has 154 valence electrons. The predicted molar refractivity (Wildman–Crippen MR) is 102 cm³/mol. The van der Waals surface area contributed by atoms with Crippen LogP contribution >= 0.6 is 0 Å². The Hall–Kier alpha value is -2.24. The first kappa shape index (κ1) is 22.1. The lowest BCUT2D eigenvalue weighted by Crippen LogP contribution is -2.45. The van der Waals surface area contributed by atoms with Gasteiger partial charge >= 0.3 is 0 Å². The summed E-state index contributed by atoms with van der Waals surface area (Å²) in [4.78, 5) is 12.5. The van der Waals surface area contributed by atoms with Gasteiger partial charge in [0, 0.05) is 6.26 Å². The van der Waals surface area contributed by atoms with Gasteiger partial charge in [0.1, 0.15) is 10.6 Å². The number of sulfone groups is 1. The topological polar surface area (TPSA) is 135 Å². The molecule has 0 bridgehead atoms. The molecule has 28 heavy (non-hydrogen) atoms. The number of nitrogens with zero attached hydrogens (tertiary/aromatic N) is 1. The zero-order valence-corrected chi connectivity index (χ0v) is 17.8. The summed E-state index contributed by atoms with van der Waals surface area (Å²) in [6.07, 6.45) is 1.11. The molecule has 2 rings (SSSR count). The van der Waals surface area contributed by atoms with Gasteiger partial charge in [0.05, 0.1) is 17.0 Å². The maximum Gasteiger partial charge on any atom is 0.246 e. The Morgan fingerprint density at radius 1 is 1.07 bits per heavy atom. The highest BCUT2D eigenvalue weighted by molar-refractivity contribution is 7.90. The van der Waals surface area contributed by atoms with Gasteiger partial charge in [-0.3, -0.25) is 4.79 Å². The molecule has 0 aliphatic rings. The summed E-state index contributed by atoms with van der Waals surface area (Å²) >= 11 is 0. The third-order valence-corrected chi connectivity index (χ3v) is 7.04. The molecule has 1 amide bonds. The van der Waals surface area contributed by atoms with Gasteiger partial charge in [0.15, 0.2) is 15.6 Å². The number of hydrogen-bond acceptors (Lipinski definition) is 7. The molecule has 2 atom stereocenters. The number of aromatic nitrogens is 1. The van der Waals surface area contributed by atoms with Gasteiger partial charge < -0.3 is 9.84 Å². The molecular formula is C17H23N3O6S2. The Balaban J connectivity index is 2.07. The minimum Gasteiger partial charge on any atom is -0.360 e. The Kier molecular flexibility index (Phi) is 6.31. The summed E-state index contributed by atoms with van der Waals surface area (Å²) in [5.74, 6) is -0.396. The summed E-state index contributed by atoms with van der Waals surface area (Å²) in [6, 6.07) is 4.61. The molecule has 2 N–H and O–H groups in total. The Labute approximate surface area is 164 Å². The van der Waals surface area contributed by atoms with Gasteiger partial charge in [0.2, 0.25) is 15.9 Å². The Morgan fingerprint density at radius 3 is 2.11 bits per heavy atom. The fraction of sp³-hybridized carbons (Fsp3) is 0.412. The molecule has 1 unspecified atom stereocenters. The van der Waals surface area contributed by atoms with E-state index < -0.39 is 37.9 Å². The molecule has 0 fully saturated rings. The van der Waals surface area contributed by atoms with Crippen LogP contribution in [0.2, 0.25) is 0 Å². The average Bonchev–Trinajstić information content (AvgIpc) is 2.93. The van der Waals surface area contributed by atoms with E-state index in [0.717, 1.165) is 6.26 Å². The van der Waals surface area contributed by atoms with Crippen LogP contribution in [-0.2, 0) is 24.7 Å². The quantitative estimate of drug-likeness (QED) is 0.676. The van der Waals surface area contributed by atoms with E-state index in [-0.39, 0.29) is 21.2 Å². The zero-order valence-electron chi connectivity index (χ0n) is 16.2. The number of nitrogens with one attached hydrogen (secondary N) is 2. The Morgan fingerprint density at radius 2 is 1.64 bits per heavy atom. The first-order chi connectivity index (χ1) is 12.8. The predicted octanol–water partition coefficient (Wildman–Crippen LogP) is 1.24. The van der Waals surface area contributed by atoms with Gasteiger partial charge in [-0.05, 0) is 45.4 Å². The van der Waals surface area contributed by atoms with E-state index in [4.69, 9.17) is 4.52 Å². The van der Waals surface area contributed by atoms with Crippen LogP contribution < -0.4 is 10.0 Å². The van der Waals surface area contributed by atoms with Crippen LogP contribution in [0.15, 0.2) is 38.6 Å². The summed E-state index contributed by atoms with van der Waals surface area (Å²) < 4.78 is 55.2. The highest BCUT2D eigenvalue weighted by Crippen LogP contribution is 2.19. The smallest absolute Gasteiger partial charge is 0.246 e. The van der Waals surface area contributed by atoms with E-state index >= 15 is 0 Å². The van der Waals surface area contributed by atoms with Crippen LogP contribution in [0.25, 0.3) is 0 Å². The number of carbonyl (C=O) groups excluding carboxylic acids is 1. The van der Waals surface area contributed by atoms with Crippen LogP contribution in [0, 0.1) is 13.8 Å². The van der Waals surface area contributed by atoms with Crippen molar-refractivity contribution in [2.75, 3.05) is 6.26 Å². The van der Waals surface area contributed by atoms with E-state index in [0.29, 0.717) is 5.56 Å². The molecule has 1 aromatic carbocycles. The average molecular weight is 430 g/mol. The number of aryl methyl sites for hydroxylation is 2. The third-order valence-electron chi connectivity index (χ3n) is 4.13. The van der Waals surface area contributed by atoms with Crippen molar-refractivity contribution in [1.82, 2.24) is 15.2 Å². The molecule has 0 spiro atoms. The summed E-state index contributed by atoms with van der Waals surface area (Å²) in [7, 11) is -7.29. The van der Waals surface area contributed by atoms with E-state index in [1.54, 1.807) is 19.1 Å². The van der Waals surface area contributed by atoms with Crippen molar-refractivity contribution in [2.24, 2.45) is 0 Å². The van der Waals surface area contributed by atoms with E-state index in [1.807, 2.05) is 0 Å². The Bertz CT molecular complexity index is 1050. The fourth-order valence-corrected chi connectivity index (χ4v) is 4.79. The number of benzene rings is 1. The lowest BCUT2D eigenvalue weighted by Gasteiger charge is -2.19. The first-order valence-corrected chi connectivity index (χ1v) is 11.8. The molecule has 9 nitrogen and oxygen atoms in total. The van der Waals surface area contributed by atoms with Crippen LogP contribution in [0.4, 0.5) is 0 Å². The highest BCUT2D eigenvalue weighted by atomic mass is 32.2. The van der Waals surface area contributed by atoms with Gasteiger partial charge in [0.25, 0.3) is 0 Å². The number of hydrogen-bond donors (Lipinski definition) is 2. The SMILES string of the molecule is Cc1noc(C)c1S(=O)(=O)N[C@@H](C)C(=O)NC(C)c1ccc(S(C)(=O)=O)cc1. The standard InChI is InChI=1S/C17H23N3O6S2/c1-10(14-6-8-15(9-7-14)27(5,22)23)18-17(21)12(3)20-28(24,25)16-11(2)19-26-13(16)4/h6-10,12,20H,1-5H3,(H,18,21)/t10?,12-/m0/s1. The second kappa shape index (κ2) is 8.02. The summed E-state index contributed by atoms with van der Waals surface area (Å²) in [6.45, 7) is 6.10. The summed E-state index contributed by atoms with van der Waals surface area (Å²) in [5, 5.41) is 6.31. The molecule has 0 radical (unpaired) electrons. The molecule has 1 aromatic heterocycles. The normalized spacial score (nSPS) is 14.5. The molecule has 0 aliphatic carbocycles. The zero-order chi connectivity index (χ0) is 21.3. The van der Waals surface area contributed by atoms with E-state index in [9.17, 15) is 21.6 Å². The van der Waals surface area contributed by atoms with E-state index in [1.165, 1.54) is 32.9 Å². The lowest BCUT2D eigenvalue weighted by molar-refractivity contribution is -0.123. The van der Waals surface area contributed by atoms with Gasteiger partial charge in [-0.2, -0.15) is 4.72 Å². The number of rotatable bonds is 7. The van der Waals surface area contributed by atoms with Crippen molar-refractivity contribution in [3.05, 3.63) is 41.3 Å². The van der Waals surface area contributed by atoms with Crippen molar-refractivity contribution in [2.45, 2.75) is 49.6 Å². The van der Waals surface area contributed by atoms with Gasteiger partial charge in [-0.1, -0.05) is 17.3 Å². The minimum atomic E-state index is -3.98. The van der Waals surface area contributed by atoms with Gasteiger partial charge in [-0.15, -0.1) is 0 Å². The molecule has 11 heteroatoms. The number of carbonyl (C=O) groups is 1. The second-order valence-corrected chi connectivity index (χ2v) is 10.2. The first-order valence-electron chi connectivity index (χ1n) is 8.38. The van der Waals surface area contributed by atoms with Crippen molar-refractivity contribution in [3.8, 4) is 0 Å². The van der Waals surface area contributed by atoms with Crippen molar-refractivity contribution in [3.63, 3.8) is 0 Å². The van der Waals surface area contributed by atoms with Gasteiger partial charge in [-0.25, -0.2) is 16.8 Å². The molecule has 0 aliphatic heterocycles. The van der Waals surface area contributed by atoms with Crippen molar-refractivity contribution < 1.29 is 26.2 Å². The largest absolute Gasteiger partial charge is 0.360 e. The molecule has 0 saturated carbocycles. The number of amides is 1. The van der Waals surface area contributed by atoms with Crippen LogP contribution in [0.5, 0.6) is 0 Å².